The molecule has 1 fully saturated rings. The molecule has 0 saturated carbocycles. The number of hydrogen-bond donors (Lipinski definition) is 1. The molecule has 1 N–H and O–H groups in total. The standard InChI is InChI=1S/C17H30N4O2S.HI/c1-4-15-12-19-16(24-15)13-20-17(18-2)21-8-6-14(7-9-21)23-11-5-10-22-3;/h12,14H,4-11,13H2,1-3H3,(H,18,20);1H. The van der Waals surface area contributed by atoms with Gasteiger partial charge in [0.05, 0.1) is 12.6 Å². The second-order valence-corrected chi connectivity index (χ2v) is 7.08. The number of piperidine rings is 1. The number of aromatic nitrogens is 1. The molecule has 0 radical (unpaired) electrons. The van der Waals surface area contributed by atoms with Gasteiger partial charge >= 0.3 is 0 Å². The summed E-state index contributed by atoms with van der Waals surface area (Å²) >= 11 is 1.77. The van der Waals surface area contributed by atoms with Crippen LogP contribution in [0, 0.1) is 0 Å². The van der Waals surface area contributed by atoms with Crippen molar-refractivity contribution in [3.05, 3.63) is 16.1 Å². The van der Waals surface area contributed by atoms with Gasteiger partial charge in [-0.15, -0.1) is 35.3 Å². The fraction of sp³-hybridized carbons (Fsp3) is 0.765. The Morgan fingerprint density at radius 1 is 1.40 bits per heavy atom. The van der Waals surface area contributed by atoms with Crippen molar-refractivity contribution in [1.82, 2.24) is 15.2 Å². The van der Waals surface area contributed by atoms with E-state index in [1.807, 2.05) is 13.2 Å². The van der Waals surface area contributed by atoms with Crippen LogP contribution in [0.15, 0.2) is 11.2 Å². The summed E-state index contributed by atoms with van der Waals surface area (Å²) in [5.74, 6) is 0.959. The summed E-state index contributed by atoms with van der Waals surface area (Å²) in [4.78, 5) is 12.5. The van der Waals surface area contributed by atoms with E-state index < -0.39 is 0 Å². The van der Waals surface area contributed by atoms with Crippen LogP contribution in [-0.4, -0.2) is 62.4 Å². The van der Waals surface area contributed by atoms with Crippen molar-refractivity contribution in [2.24, 2.45) is 4.99 Å². The van der Waals surface area contributed by atoms with Crippen LogP contribution in [0.2, 0.25) is 0 Å². The highest BCUT2D eigenvalue weighted by Gasteiger charge is 2.21. The number of methoxy groups -OCH3 is 1. The average molecular weight is 482 g/mol. The fourth-order valence-electron chi connectivity index (χ4n) is 2.77. The molecule has 1 saturated heterocycles. The van der Waals surface area contributed by atoms with Gasteiger partial charge in [-0.2, -0.15) is 0 Å². The number of nitrogens with one attached hydrogen (secondary N) is 1. The number of nitrogens with zero attached hydrogens (tertiary/aromatic N) is 3. The number of guanidine groups is 1. The van der Waals surface area contributed by atoms with E-state index >= 15 is 0 Å². The number of rotatable bonds is 8. The third-order valence-corrected chi connectivity index (χ3v) is 5.29. The van der Waals surface area contributed by atoms with Gasteiger partial charge in [-0.3, -0.25) is 4.99 Å². The Labute approximate surface area is 172 Å². The highest BCUT2D eigenvalue weighted by atomic mass is 127. The lowest BCUT2D eigenvalue weighted by atomic mass is 10.1. The normalized spacial score (nSPS) is 16.0. The molecule has 25 heavy (non-hydrogen) atoms. The lowest BCUT2D eigenvalue weighted by Crippen LogP contribution is -2.46. The van der Waals surface area contributed by atoms with E-state index in [0.29, 0.717) is 6.10 Å². The molecule has 1 aromatic heterocycles. The molecular weight excluding hydrogens is 451 g/mol. The van der Waals surface area contributed by atoms with Crippen molar-refractivity contribution < 1.29 is 9.47 Å². The third kappa shape index (κ3) is 7.76. The first-order valence-corrected chi connectivity index (χ1v) is 9.58. The van der Waals surface area contributed by atoms with Crippen molar-refractivity contribution in [3.8, 4) is 0 Å². The lowest BCUT2D eigenvalue weighted by Gasteiger charge is -2.34. The zero-order valence-electron chi connectivity index (χ0n) is 15.5. The van der Waals surface area contributed by atoms with Crippen LogP contribution < -0.4 is 5.32 Å². The van der Waals surface area contributed by atoms with Crippen LogP contribution in [0.5, 0.6) is 0 Å². The minimum Gasteiger partial charge on any atom is -0.385 e. The summed E-state index contributed by atoms with van der Waals surface area (Å²) in [6.07, 6.45) is 6.44. The molecule has 0 aromatic carbocycles. The minimum atomic E-state index is 0. The highest BCUT2D eigenvalue weighted by Crippen LogP contribution is 2.15. The van der Waals surface area contributed by atoms with Gasteiger partial charge in [-0.05, 0) is 25.7 Å². The van der Waals surface area contributed by atoms with Crippen molar-refractivity contribution in [2.75, 3.05) is 40.5 Å². The Kier molecular flexibility index (Phi) is 11.6. The van der Waals surface area contributed by atoms with Gasteiger partial charge in [0.1, 0.15) is 5.01 Å². The number of aliphatic imine (C=N–C) groups is 1. The SMILES string of the molecule is CCc1cnc(CNC(=NC)N2CCC(OCCCOC)CC2)s1.I. The van der Waals surface area contributed by atoms with Gasteiger partial charge in [-0.25, -0.2) is 4.98 Å². The Bertz CT molecular complexity index is 505. The molecule has 6 nitrogen and oxygen atoms in total. The van der Waals surface area contributed by atoms with E-state index in [1.54, 1.807) is 18.4 Å². The Morgan fingerprint density at radius 3 is 2.76 bits per heavy atom. The van der Waals surface area contributed by atoms with Gasteiger partial charge in [0.2, 0.25) is 0 Å². The molecule has 1 aliphatic rings. The van der Waals surface area contributed by atoms with E-state index in [1.165, 1.54) is 4.88 Å². The zero-order chi connectivity index (χ0) is 17.2. The van der Waals surface area contributed by atoms with E-state index in [4.69, 9.17) is 9.47 Å². The van der Waals surface area contributed by atoms with Gasteiger partial charge in [0, 0.05) is 51.5 Å². The van der Waals surface area contributed by atoms with Crippen LogP contribution >= 0.6 is 35.3 Å². The number of ether oxygens (including phenoxy) is 2. The Hall–Kier alpha value is -0.450. The number of aryl methyl sites for hydroxylation is 1. The monoisotopic (exact) mass is 482 g/mol. The van der Waals surface area contributed by atoms with E-state index in [2.05, 4.69) is 27.1 Å². The third-order valence-electron chi connectivity index (χ3n) is 4.15. The summed E-state index contributed by atoms with van der Waals surface area (Å²) in [7, 11) is 3.57. The lowest BCUT2D eigenvalue weighted by molar-refractivity contribution is 0.00989. The summed E-state index contributed by atoms with van der Waals surface area (Å²) in [6, 6.07) is 0. The number of likely N-dealkylation sites (tertiary alicyclic amines) is 1. The van der Waals surface area contributed by atoms with Crippen molar-refractivity contribution in [2.45, 2.75) is 45.3 Å². The summed E-state index contributed by atoms with van der Waals surface area (Å²) in [5, 5.41) is 4.55. The van der Waals surface area contributed by atoms with Crippen molar-refractivity contribution in [3.63, 3.8) is 0 Å². The van der Waals surface area contributed by atoms with Crippen LogP contribution in [0.25, 0.3) is 0 Å². The molecule has 144 valence electrons. The quantitative estimate of drug-likeness (QED) is 0.267. The van der Waals surface area contributed by atoms with Gasteiger partial charge < -0.3 is 19.7 Å². The first kappa shape index (κ1) is 22.6. The summed E-state index contributed by atoms with van der Waals surface area (Å²) in [6.45, 7) is 6.41. The van der Waals surface area contributed by atoms with Crippen molar-refractivity contribution >= 4 is 41.3 Å². The van der Waals surface area contributed by atoms with Crippen LogP contribution in [0.3, 0.4) is 0 Å². The van der Waals surface area contributed by atoms with E-state index in [0.717, 1.165) is 69.5 Å². The smallest absolute Gasteiger partial charge is 0.193 e. The predicted molar refractivity (Wildman–Crippen MR) is 114 cm³/mol. The molecule has 8 heteroatoms. The van der Waals surface area contributed by atoms with E-state index in [-0.39, 0.29) is 24.0 Å². The zero-order valence-corrected chi connectivity index (χ0v) is 18.6. The molecule has 0 spiro atoms. The predicted octanol–water partition coefficient (Wildman–Crippen LogP) is 2.92. The number of thiazole rings is 1. The maximum atomic E-state index is 5.92. The number of hydrogen-bond acceptors (Lipinski definition) is 5. The number of halogens is 1. The maximum absolute atomic E-state index is 5.92. The Morgan fingerprint density at radius 2 is 2.16 bits per heavy atom. The average Bonchev–Trinajstić information content (AvgIpc) is 3.08. The van der Waals surface area contributed by atoms with Gasteiger partial charge in [-0.1, -0.05) is 6.92 Å². The molecule has 0 unspecified atom stereocenters. The molecule has 2 rings (SSSR count). The molecular formula is C17H31IN4O2S. The molecule has 0 atom stereocenters. The van der Waals surface area contributed by atoms with Crippen LogP contribution in [-0.2, 0) is 22.4 Å². The summed E-state index contributed by atoms with van der Waals surface area (Å²) in [5.41, 5.74) is 0. The van der Waals surface area contributed by atoms with E-state index in [9.17, 15) is 0 Å². The van der Waals surface area contributed by atoms with Crippen LogP contribution in [0.4, 0.5) is 0 Å². The molecule has 0 aliphatic carbocycles. The second kappa shape index (κ2) is 12.8. The Balaban J connectivity index is 0.00000312. The maximum Gasteiger partial charge on any atom is 0.193 e. The van der Waals surface area contributed by atoms with Gasteiger partial charge in [0.15, 0.2) is 5.96 Å². The topological polar surface area (TPSA) is 59.0 Å². The minimum absolute atomic E-state index is 0. The molecule has 1 aliphatic heterocycles. The van der Waals surface area contributed by atoms with Crippen molar-refractivity contribution in [1.29, 1.82) is 0 Å². The van der Waals surface area contributed by atoms with Gasteiger partial charge in [0.25, 0.3) is 0 Å². The summed E-state index contributed by atoms with van der Waals surface area (Å²) < 4.78 is 11.0. The fourth-order valence-corrected chi connectivity index (χ4v) is 3.57. The highest BCUT2D eigenvalue weighted by molar-refractivity contribution is 14.0. The second-order valence-electron chi connectivity index (χ2n) is 5.88. The first-order valence-electron chi connectivity index (χ1n) is 8.76. The van der Waals surface area contributed by atoms with Crippen LogP contribution in [0.1, 0.15) is 36.1 Å². The molecule has 1 aromatic rings. The first-order chi connectivity index (χ1) is 11.8. The molecule has 0 bridgehead atoms. The molecule has 2 heterocycles. The molecule has 0 amide bonds. The largest absolute Gasteiger partial charge is 0.385 e.